The van der Waals surface area contributed by atoms with E-state index in [0.717, 1.165) is 5.56 Å². The average molecular weight is 446 g/mol. The summed E-state index contributed by atoms with van der Waals surface area (Å²) in [5.74, 6) is 2.38. The van der Waals surface area contributed by atoms with Gasteiger partial charge in [-0.25, -0.2) is 0 Å². The van der Waals surface area contributed by atoms with Gasteiger partial charge in [0.1, 0.15) is 17.2 Å². The van der Waals surface area contributed by atoms with Crippen molar-refractivity contribution in [2.24, 2.45) is 0 Å². The Balaban J connectivity index is 1.46. The van der Waals surface area contributed by atoms with Gasteiger partial charge < -0.3 is 23.7 Å². The quantitative estimate of drug-likeness (QED) is 0.370. The number of methoxy groups -OCH3 is 3. The molecule has 0 aliphatic carbocycles. The van der Waals surface area contributed by atoms with Crippen LogP contribution in [0.1, 0.15) is 26.3 Å². The Labute approximate surface area is 191 Å². The minimum Gasteiger partial charge on any atom is -0.497 e. The van der Waals surface area contributed by atoms with Gasteiger partial charge in [0.2, 0.25) is 5.78 Å². The number of carbonyl (C=O) groups is 2. The van der Waals surface area contributed by atoms with Gasteiger partial charge in [0.05, 0.1) is 26.9 Å². The molecule has 0 aromatic heterocycles. The summed E-state index contributed by atoms with van der Waals surface area (Å²) in [5.41, 5.74) is 1.67. The lowest BCUT2D eigenvalue weighted by Gasteiger charge is -2.08. The molecule has 0 spiro atoms. The SMILES string of the molecule is COc1ccc(C(=O)COc2ccc3c(c2)OC(=Cc2ccc(OC)c(OC)c2)C3=O)cc1. The summed E-state index contributed by atoms with van der Waals surface area (Å²) in [5, 5.41) is 0. The van der Waals surface area contributed by atoms with Gasteiger partial charge in [0.15, 0.2) is 29.6 Å². The van der Waals surface area contributed by atoms with E-state index in [4.69, 9.17) is 23.7 Å². The molecule has 0 amide bonds. The van der Waals surface area contributed by atoms with Crippen LogP contribution in [0.4, 0.5) is 0 Å². The van der Waals surface area contributed by atoms with Crippen molar-refractivity contribution in [3.63, 3.8) is 0 Å². The topological polar surface area (TPSA) is 80.3 Å². The lowest BCUT2D eigenvalue weighted by atomic mass is 10.1. The molecule has 0 fully saturated rings. The van der Waals surface area contributed by atoms with Crippen molar-refractivity contribution >= 4 is 17.6 Å². The summed E-state index contributed by atoms with van der Waals surface area (Å²) in [4.78, 5) is 25.1. The van der Waals surface area contributed by atoms with Crippen LogP contribution in [0.5, 0.6) is 28.7 Å². The second-order valence-corrected chi connectivity index (χ2v) is 7.15. The molecule has 0 radical (unpaired) electrons. The maximum atomic E-state index is 12.7. The molecule has 0 bridgehead atoms. The lowest BCUT2D eigenvalue weighted by Crippen LogP contribution is -2.11. The number of hydrogen-bond donors (Lipinski definition) is 0. The van der Waals surface area contributed by atoms with E-state index < -0.39 is 0 Å². The van der Waals surface area contributed by atoms with E-state index in [1.165, 1.54) is 0 Å². The molecule has 33 heavy (non-hydrogen) atoms. The molecule has 7 heteroatoms. The Morgan fingerprint density at radius 2 is 1.58 bits per heavy atom. The number of rotatable bonds is 8. The summed E-state index contributed by atoms with van der Waals surface area (Å²) in [6, 6.07) is 17.0. The first-order valence-electron chi connectivity index (χ1n) is 10.1. The van der Waals surface area contributed by atoms with Crippen molar-refractivity contribution in [1.82, 2.24) is 0 Å². The van der Waals surface area contributed by atoms with Gasteiger partial charge in [-0.05, 0) is 60.2 Å². The van der Waals surface area contributed by atoms with Crippen molar-refractivity contribution in [2.45, 2.75) is 0 Å². The molecule has 7 nitrogen and oxygen atoms in total. The van der Waals surface area contributed by atoms with E-state index >= 15 is 0 Å². The maximum absolute atomic E-state index is 12.7. The highest BCUT2D eigenvalue weighted by molar-refractivity contribution is 6.14. The zero-order valence-corrected chi connectivity index (χ0v) is 18.4. The monoisotopic (exact) mass is 446 g/mol. The number of ether oxygens (including phenoxy) is 5. The molecule has 1 heterocycles. The van der Waals surface area contributed by atoms with Crippen molar-refractivity contribution in [3.05, 3.63) is 83.1 Å². The zero-order chi connectivity index (χ0) is 23.4. The number of Topliss-reactive ketones (excluding diaryl/α,β-unsaturated/α-hetero) is 2. The first-order valence-corrected chi connectivity index (χ1v) is 10.1. The molecular formula is C26H22O7. The van der Waals surface area contributed by atoms with Gasteiger partial charge in [-0.3, -0.25) is 9.59 Å². The summed E-state index contributed by atoms with van der Waals surface area (Å²) >= 11 is 0. The summed E-state index contributed by atoms with van der Waals surface area (Å²) in [6.45, 7) is -0.145. The first kappa shape index (κ1) is 22.0. The van der Waals surface area contributed by atoms with Crippen molar-refractivity contribution in [2.75, 3.05) is 27.9 Å². The lowest BCUT2D eigenvalue weighted by molar-refractivity contribution is 0.0920. The molecule has 0 saturated heterocycles. The van der Waals surface area contributed by atoms with Crippen LogP contribution in [-0.4, -0.2) is 39.5 Å². The molecule has 1 aliphatic heterocycles. The van der Waals surface area contributed by atoms with Gasteiger partial charge in [-0.15, -0.1) is 0 Å². The number of ketones is 2. The smallest absolute Gasteiger partial charge is 0.231 e. The highest BCUT2D eigenvalue weighted by atomic mass is 16.5. The molecule has 3 aromatic rings. The van der Waals surface area contributed by atoms with E-state index in [9.17, 15) is 9.59 Å². The highest BCUT2D eigenvalue weighted by Gasteiger charge is 2.28. The molecule has 0 N–H and O–H groups in total. The van der Waals surface area contributed by atoms with Crippen LogP contribution in [0.2, 0.25) is 0 Å². The normalized spacial score (nSPS) is 13.3. The Bertz CT molecular complexity index is 1230. The van der Waals surface area contributed by atoms with Crippen molar-refractivity contribution in [1.29, 1.82) is 0 Å². The Morgan fingerprint density at radius 1 is 0.848 bits per heavy atom. The van der Waals surface area contributed by atoms with Crippen LogP contribution in [0.3, 0.4) is 0 Å². The van der Waals surface area contributed by atoms with Gasteiger partial charge in [0.25, 0.3) is 0 Å². The molecular weight excluding hydrogens is 424 g/mol. The first-order chi connectivity index (χ1) is 16.0. The van der Waals surface area contributed by atoms with Crippen LogP contribution in [0.25, 0.3) is 6.08 Å². The van der Waals surface area contributed by atoms with E-state index in [-0.39, 0.29) is 23.9 Å². The van der Waals surface area contributed by atoms with Crippen LogP contribution in [-0.2, 0) is 0 Å². The van der Waals surface area contributed by atoms with Crippen LogP contribution in [0, 0.1) is 0 Å². The van der Waals surface area contributed by atoms with Crippen LogP contribution in [0.15, 0.2) is 66.4 Å². The van der Waals surface area contributed by atoms with Crippen LogP contribution < -0.4 is 23.7 Å². The minimum atomic E-state index is -0.236. The summed E-state index contributed by atoms with van der Waals surface area (Å²) in [7, 11) is 4.66. The largest absolute Gasteiger partial charge is 0.497 e. The fraction of sp³-hybridized carbons (Fsp3) is 0.154. The second kappa shape index (κ2) is 9.48. The number of allylic oxidation sites excluding steroid dienone is 1. The van der Waals surface area contributed by atoms with E-state index in [0.29, 0.717) is 39.9 Å². The molecule has 0 unspecified atom stereocenters. The zero-order valence-electron chi connectivity index (χ0n) is 18.4. The van der Waals surface area contributed by atoms with Gasteiger partial charge in [0, 0.05) is 11.6 Å². The average Bonchev–Trinajstić information content (AvgIpc) is 3.16. The van der Waals surface area contributed by atoms with Crippen LogP contribution >= 0.6 is 0 Å². The maximum Gasteiger partial charge on any atom is 0.231 e. The van der Waals surface area contributed by atoms with Crippen molar-refractivity contribution < 1.29 is 33.3 Å². The molecule has 0 atom stereocenters. The summed E-state index contributed by atoms with van der Waals surface area (Å²) in [6.07, 6.45) is 1.64. The van der Waals surface area contributed by atoms with Gasteiger partial charge in [-0.2, -0.15) is 0 Å². The standard InChI is InChI=1S/C26H22O7/c1-29-18-7-5-17(6-8-18)21(27)15-32-19-9-10-20-23(14-19)33-25(26(20)28)13-16-4-11-22(30-2)24(12-16)31-3/h4-14H,15H2,1-3H3. The molecule has 3 aromatic carbocycles. The Kier molecular flexibility index (Phi) is 6.31. The number of fused-ring (bicyclic) bond motifs is 1. The number of hydrogen-bond acceptors (Lipinski definition) is 7. The van der Waals surface area contributed by atoms with E-state index in [1.54, 1.807) is 88.1 Å². The minimum absolute atomic E-state index is 0.145. The predicted molar refractivity (Wildman–Crippen MR) is 122 cm³/mol. The summed E-state index contributed by atoms with van der Waals surface area (Å²) < 4.78 is 27.0. The third-order valence-corrected chi connectivity index (χ3v) is 5.13. The fourth-order valence-electron chi connectivity index (χ4n) is 3.36. The third-order valence-electron chi connectivity index (χ3n) is 5.13. The molecule has 168 valence electrons. The third kappa shape index (κ3) is 4.67. The second-order valence-electron chi connectivity index (χ2n) is 7.15. The van der Waals surface area contributed by atoms with Gasteiger partial charge in [-0.1, -0.05) is 6.07 Å². The number of carbonyl (C=O) groups excluding carboxylic acids is 2. The number of benzene rings is 3. The molecule has 0 saturated carbocycles. The fourth-order valence-corrected chi connectivity index (χ4v) is 3.36. The molecule has 1 aliphatic rings. The van der Waals surface area contributed by atoms with Gasteiger partial charge >= 0.3 is 0 Å². The molecule has 4 rings (SSSR count). The predicted octanol–water partition coefficient (Wildman–Crippen LogP) is 4.59. The highest BCUT2D eigenvalue weighted by Crippen LogP contribution is 2.36. The van der Waals surface area contributed by atoms with Crippen molar-refractivity contribution in [3.8, 4) is 28.7 Å². The Morgan fingerprint density at radius 3 is 2.27 bits per heavy atom. The Hall–Kier alpha value is -4.26. The van der Waals surface area contributed by atoms with E-state index in [2.05, 4.69) is 0 Å². The van der Waals surface area contributed by atoms with E-state index in [1.807, 2.05) is 0 Å².